The van der Waals surface area contributed by atoms with Crippen molar-refractivity contribution in [3.8, 4) is 0 Å². The Balaban J connectivity index is 1.81. The second kappa shape index (κ2) is 16.0. The molecule has 11 heteroatoms. The van der Waals surface area contributed by atoms with Crippen molar-refractivity contribution in [1.82, 2.24) is 0 Å². The highest BCUT2D eigenvalue weighted by Crippen LogP contribution is 2.74. The minimum atomic E-state index is -1.99. The molecule has 4 aliphatic rings. The highest BCUT2D eigenvalue weighted by molar-refractivity contribution is 5.90. The van der Waals surface area contributed by atoms with Crippen molar-refractivity contribution in [3.63, 3.8) is 0 Å². The largest absolute Gasteiger partial charge is 0.462 e. The summed E-state index contributed by atoms with van der Waals surface area (Å²) in [5, 5.41) is 12.4. The van der Waals surface area contributed by atoms with Gasteiger partial charge in [0.2, 0.25) is 0 Å². The number of ether oxygens (including phenoxy) is 4. The van der Waals surface area contributed by atoms with E-state index in [0.717, 1.165) is 5.57 Å². The monoisotopic (exact) mass is 772 g/mol. The summed E-state index contributed by atoms with van der Waals surface area (Å²) >= 11 is 0. The van der Waals surface area contributed by atoms with Crippen LogP contribution in [-0.2, 0) is 47.7 Å². The number of carbonyl (C=O) groups excluding carboxylic acids is 6. The zero-order valence-electron chi connectivity index (χ0n) is 35.6. The molecule has 1 N–H and O–H groups in total. The lowest BCUT2D eigenvalue weighted by Crippen LogP contribution is -2.66. The lowest BCUT2D eigenvalue weighted by molar-refractivity contribution is -0.198. The number of hydrogen-bond acceptors (Lipinski definition) is 11. The molecule has 0 bridgehead atoms. The van der Waals surface area contributed by atoms with E-state index in [0.29, 0.717) is 38.5 Å². The van der Waals surface area contributed by atoms with Crippen molar-refractivity contribution >= 4 is 35.4 Å². The fourth-order valence-corrected chi connectivity index (χ4v) is 11.5. The van der Waals surface area contributed by atoms with Gasteiger partial charge >= 0.3 is 23.9 Å². The zero-order chi connectivity index (χ0) is 41.5. The van der Waals surface area contributed by atoms with Gasteiger partial charge in [-0.3, -0.25) is 28.8 Å². The number of aliphatic hydroxyl groups is 1. The van der Waals surface area contributed by atoms with Crippen molar-refractivity contribution in [3.05, 3.63) is 11.6 Å². The third kappa shape index (κ3) is 8.07. The van der Waals surface area contributed by atoms with Crippen molar-refractivity contribution in [2.45, 2.75) is 190 Å². The molecular weight excluding hydrogens is 704 g/mol. The van der Waals surface area contributed by atoms with Crippen LogP contribution in [0.1, 0.15) is 160 Å². The number of allylic oxidation sites excluding steroid dienone is 1. The maximum absolute atomic E-state index is 15.2. The summed E-state index contributed by atoms with van der Waals surface area (Å²) in [6.07, 6.45) is 3.49. The van der Waals surface area contributed by atoms with Gasteiger partial charge in [0.25, 0.3) is 0 Å². The molecule has 0 aliphatic heterocycles. The number of Topliss-reactive ketones (excluding diaryl/α,β-unsaturated/α-hetero) is 2. The molecule has 0 saturated heterocycles. The number of ketones is 2. The molecule has 0 aromatic carbocycles. The van der Waals surface area contributed by atoms with Crippen LogP contribution in [0, 0.1) is 39.4 Å². The van der Waals surface area contributed by atoms with E-state index < -0.39 is 74.8 Å². The second-order valence-corrected chi connectivity index (χ2v) is 19.0. The van der Waals surface area contributed by atoms with Gasteiger partial charge in [-0.15, -0.1) is 0 Å². The smallest absolute Gasteiger partial charge is 0.306 e. The second-order valence-electron chi connectivity index (χ2n) is 19.0. The fraction of sp³-hybridized carbons (Fsp3) is 0.818. The lowest BCUT2D eigenvalue weighted by Gasteiger charge is -2.65. The fourth-order valence-electron chi connectivity index (χ4n) is 11.5. The van der Waals surface area contributed by atoms with E-state index >= 15 is 4.79 Å². The van der Waals surface area contributed by atoms with Crippen LogP contribution in [0.3, 0.4) is 0 Å². The Bertz CT molecular complexity index is 1560. The Kier molecular flexibility index (Phi) is 13.0. The van der Waals surface area contributed by atoms with Crippen LogP contribution < -0.4 is 0 Å². The predicted molar refractivity (Wildman–Crippen MR) is 205 cm³/mol. The highest BCUT2D eigenvalue weighted by atomic mass is 16.6. The molecule has 310 valence electrons. The third-order valence-electron chi connectivity index (χ3n) is 14.3. The number of carbonyl (C=O) groups is 6. The number of esters is 4. The molecule has 0 amide bonds. The van der Waals surface area contributed by atoms with Gasteiger partial charge in [-0.05, 0) is 88.4 Å². The molecule has 0 radical (unpaired) electrons. The molecule has 0 aromatic rings. The molecule has 0 spiro atoms. The van der Waals surface area contributed by atoms with Crippen LogP contribution in [0.25, 0.3) is 0 Å². The van der Waals surface area contributed by atoms with E-state index in [2.05, 4.69) is 13.0 Å². The van der Waals surface area contributed by atoms with Gasteiger partial charge in [0.05, 0.1) is 0 Å². The molecule has 10 atom stereocenters. The molecule has 3 saturated carbocycles. The standard InChI is InChI=1S/C44H68O11/c1-13-16-34(48)52-29-23-28-27(40(7,8)38(29)54-36(50)18-15-3)19-20-31-41(9)24-30(53-35(49)17-14-2)37(42(41,10)25-33(47)43(28,31)11)44(12,51)32(46)21-22-39(5,6)55-26(4)45/h19,28-31,37-38,51H,13-18,20-25H2,1-12H3/t28-,29+,30-,31+,37?,38-,41+,42-,43+,44+/m1/s1. The molecule has 3 fully saturated rings. The minimum absolute atomic E-state index is 0.0197. The summed E-state index contributed by atoms with van der Waals surface area (Å²) in [6.45, 7) is 22.0. The maximum atomic E-state index is 15.2. The van der Waals surface area contributed by atoms with Crippen LogP contribution in [0.15, 0.2) is 11.6 Å². The first-order chi connectivity index (χ1) is 25.4. The van der Waals surface area contributed by atoms with Gasteiger partial charge in [-0.1, -0.05) is 67.0 Å². The number of hydrogen-bond donors (Lipinski definition) is 1. The van der Waals surface area contributed by atoms with Gasteiger partial charge in [-0.2, -0.15) is 0 Å². The van der Waals surface area contributed by atoms with E-state index in [-0.39, 0.29) is 68.1 Å². The van der Waals surface area contributed by atoms with E-state index in [9.17, 15) is 29.1 Å². The third-order valence-corrected chi connectivity index (χ3v) is 14.3. The maximum Gasteiger partial charge on any atom is 0.306 e. The molecular formula is C44H68O11. The first-order valence-electron chi connectivity index (χ1n) is 20.6. The first kappa shape index (κ1) is 44.6. The molecule has 1 unspecified atom stereocenters. The van der Waals surface area contributed by atoms with E-state index in [1.807, 2.05) is 48.5 Å². The Morgan fingerprint density at radius 2 is 1.33 bits per heavy atom. The van der Waals surface area contributed by atoms with E-state index in [1.165, 1.54) is 13.8 Å². The van der Waals surface area contributed by atoms with Crippen LogP contribution in [0.4, 0.5) is 0 Å². The van der Waals surface area contributed by atoms with Crippen LogP contribution >= 0.6 is 0 Å². The Labute approximate surface area is 328 Å². The van der Waals surface area contributed by atoms with Crippen LogP contribution in [-0.4, -0.2) is 70.1 Å². The molecule has 11 nitrogen and oxygen atoms in total. The summed E-state index contributed by atoms with van der Waals surface area (Å²) in [4.78, 5) is 80.3. The van der Waals surface area contributed by atoms with Crippen molar-refractivity contribution < 1.29 is 52.8 Å². The summed E-state index contributed by atoms with van der Waals surface area (Å²) in [5.41, 5.74) is -5.29. The highest BCUT2D eigenvalue weighted by Gasteiger charge is 2.75. The Hall–Kier alpha value is -3.08. The quantitative estimate of drug-likeness (QED) is 0.0994. The van der Waals surface area contributed by atoms with Gasteiger partial charge in [0.15, 0.2) is 5.78 Å². The lowest BCUT2D eigenvalue weighted by atomic mass is 9.38. The minimum Gasteiger partial charge on any atom is -0.462 e. The summed E-state index contributed by atoms with van der Waals surface area (Å²) < 4.78 is 23.9. The van der Waals surface area contributed by atoms with Gasteiger partial charge in [0.1, 0.15) is 35.3 Å². The molecule has 4 aliphatic carbocycles. The Morgan fingerprint density at radius 3 is 1.85 bits per heavy atom. The van der Waals surface area contributed by atoms with Crippen molar-refractivity contribution in [2.24, 2.45) is 39.4 Å². The van der Waals surface area contributed by atoms with E-state index in [4.69, 9.17) is 18.9 Å². The number of fused-ring (bicyclic) bond motifs is 5. The average Bonchev–Trinajstić information content (AvgIpc) is 3.27. The predicted octanol–water partition coefficient (Wildman–Crippen LogP) is 7.57. The van der Waals surface area contributed by atoms with Gasteiger partial charge < -0.3 is 24.1 Å². The average molecular weight is 773 g/mol. The summed E-state index contributed by atoms with van der Waals surface area (Å²) in [6, 6.07) is 0. The van der Waals surface area contributed by atoms with Crippen LogP contribution in [0.5, 0.6) is 0 Å². The van der Waals surface area contributed by atoms with Crippen LogP contribution in [0.2, 0.25) is 0 Å². The molecule has 0 aromatic heterocycles. The van der Waals surface area contributed by atoms with Crippen molar-refractivity contribution in [2.75, 3.05) is 0 Å². The zero-order valence-corrected chi connectivity index (χ0v) is 35.6. The number of rotatable bonds is 15. The summed E-state index contributed by atoms with van der Waals surface area (Å²) in [7, 11) is 0. The SMILES string of the molecule is CCCC(=O)O[C@H]1C[C@@H]2C(=CC[C@@H]3[C@@]2(C)C(=O)C[C@]2(C)C([C@@](C)(O)C(=O)CCC(C)(C)OC(C)=O)[C@H](OC(=O)CCC)C[C@@]32C)C(C)(C)[C@@H]1OC(=O)CCC. The topological polar surface area (TPSA) is 160 Å². The van der Waals surface area contributed by atoms with Crippen molar-refractivity contribution in [1.29, 1.82) is 0 Å². The first-order valence-corrected chi connectivity index (χ1v) is 20.6. The normalized spacial score (nSPS) is 34.9. The molecule has 55 heavy (non-hydrogen) atoms. The van der Waals surface area contributed by atoms with Gasteiger partial charge in [0, 0.05) is 55.8 Å². The molecule has 4 rings (SSSR count). The van der Waals surface area contributed by atoms with Gasteiger partial charge in [-0.25, -0.2) is 0 Å². The summed E-state index contributed by atoms with van der Waals surface area (Å²) in [5.74, 6) is -3.65. The molecule has 0 heterocycles. The Morgan fingerprint density at radius 1 is 0.800 bits per heavy atom. The van der Waals surface area contributed by atoms with E-state index in [1.54, 1.807) is 13.8 Å².